The number of esters is 1. The monoisotopic (exact) mass is 614 g/mol. The molecule has 4 aromatic rings. The van der Waals surface area contributed by atoms with Gasteiger partial charge in [-0.1, -0.05) is 66.5 Å². The second kappa shape index (κ2) is 13.1. The molecule has 43 heavy (non-hydrogen) atoms. The van der Waals surface area contributed by atoms with Gasteiger partial charge in [0.05, 0.1) is 5.92 Å². The Bertz CT molecular complexity index is 1710. The summed E-state index contributed by atoms with van der Waals surface area (Å²) in [5.74, 6) is 0.761. The van der Waals surface area contributed by atoms with E-state index in [2.05, 4.69) is 13.0 Å². The van der Waals surface area contributed by atoms with Gasteiger partial charge in [-0.3, -0.25) is 0 Å². The zero-order valence-corrected chi connectivity index (χ0v) is 25.0. The SMILES string of the molecule is CCc1ccc(OC(C)C(=O)Oc2ccc3c(c2)OC(N)=C(C#N)C3c2ccc(OCc3ccc(Cl)cc3Cl)cc2)cc1. The minimum atomic E-state index is -0.844. The molecule has 7 nitrogen and oxygen atoms in total. The van der Waals surface area contributed by atoms with E-state index in [4.69, 9.17) is 47.9 Å². The van der Waals surface area contributed by atoms with Gasteiger partial charge >= 0.3 is 5.97 Å². The van der Waals surface area contributed by atoms with Crippen molar-refractivity contribution in [3.05, 3.63) is 129 Å². The highest BCUT2D eigenvalue weighted by atomic mass is 35.5. The molecule has 218 valence electrons. The number of ether oxygens (including phenoxy) is 4. The Morgan fingerprint density at radius 2 is 1.67 bits per heavy atom. The molecule has 9 heteroatoms. The van der Waals surface area contributed by atoms with Gasteiger partial charge in [0.2, 0.25) is 5.88 Å². The molecule has 5 rings (SSSR count). The summed E-state index contributed by atoms with van der Waals surface area (Å²) in [6.07, 6.45) is 0.0683. The Morgan fingerprint density at radius 3 is 2.35 bits per heavy atom. The number of carbonyl (C=O) groups is 1. The summed E-state index contributed by atoms with van der Waals surface area (Å²) >= 11 is 12.2. The first kappa shape index (κ1) is 29.8. The predicted octanol–water partition coefficient (Wildman–Crippen LogP) is 7.73. The van der Waals surface area contributed by atoms with Gasteiger partial charge in [-0.2, -0.15) is 5.26 Å². The standard InChI is InChI=1S/C34H28Cl2N2O5/c1-3-21-4-10-26(11-5-21)41-20(2)34(39)42-27-14-15-28-31(17-27)43-33(38)29(18-37)32(28)22-7-12-25(13-8-22)40-19-23-6-9-24(35)16-30(23)36/h4-17,20,32H,3,19,38H2,1-2H3. The lowest BCUT2D eigenvalue weighted by Gasteiger charge is -2.27. The summed E-state index contributed by atoms with van der Waals surface area (Å²) in [6, 6.07) is 27.3. The van der Waals surface area contributed by atoms with Gasteiger partial charge < -0.3 is 24.7 Å². The quantitative estimate of drug-likeness (QED) is 0.152. The van der Waals surface area contributed by atoms with Crippen LogP contribution < -0.4 is 24.7 Å². The molecular formula is C34H28Cl2N2O5. The highest BCUT2D eigenvalue weighted by Crippen LogP contribution is 2.43. The third kappa shape index (κ3) is 6.89. The van der Waals surface area contributed by atoms with Crippen LogP contribution in [0.3, 0.4) is 0 Å². The van der Waals surface area contributed by atoms with E-state index in [0.29, 0.717) is 32.9 Å². The highest BCUT2D eigenvalue weighted by molar-refractivity contribution is 6.35. The minimum Gasteiger partial charge on any atom is -0.489 e. The largest absolute Gasteiger partial charge is 0.489 e. The lowest BCUT2D eigenvalue weighted by molar-refractivity contribution is -0.141. The number of fused-ring (bicyclic) bond motifs is 1. The number of allylic oxidation sites excluding steroid dienone is 1. The van der Waals surface area contributed by atoms with Crippen LogP contribution in [0.4, 0.5) is 0 Å². The van der Waals surface area contributed by atoms with E-state index in [1.807, 2.05) is 54.6 Å². The van der Waals surface area contributed by atoms with E-state index in [-0.39, 0.29) is 23.8 Å². The van der Waals surface area contributed by atoms with Crippen LogP contribution in [0.25, 0.3) is 0 Å². The normalized spacial score (nSPS) is 14.6. The van der Waals surface area contributed by atoms with E-state index in [9.17, 15) is 10.1 Å². The number of nitriles is 1. The van der Waals surface area contributed by atoms with Crippen molar-refractivity contribution < 1.29 is 23.7 Å². The van der Waals surface area contributed by atoms with Crippen molar-refractivity contribution in [1.29, 1.82) is 5.26 Å². The maximum absolute atomic E-state index is 12.8. The molecule has 2 unspecified atom stereocenters. The number of halogens is 2. The maximum Gasteiger partial charge on any atom is 0.352 e. The fraction of sp³-hybridized carbons (Fsp3) is 0.176. The molecule has 0 radical (unpaired) electrons. The van der Waals surface area contributed by atoms with Crippen LogP contribution in [-0.2, 0) is 17.8 Å². The minimum absolute atomic E-state index is 0.0200. The molecule has 2 atom stereocenters. The van der Waals surface area contributed by atoms with Crippen molar-refractivity contribution in [1.82, 2.24) is 0 Å². The van der Waals surface area contributed by atoms with Gasteiger partial charge in [-0.05, 0) is 66.9 Å². The molecule has 0 aromatic heterocycles. The molecule has 0 aliphatic carbocycles. The molecule has 0 spiro atoms. The maximum atomic E-state index is 12.8. The lowest BCUT2D eigenvalue weighted by Crippen LogP contribution is -2.28. The van der Waals surface area contributed by atoms with Crippen molar-refractivity contribution >= 4 is 29.2 Å². The first-order valence-corrected chi connectivity index (χ1v) is 14.4. The molecule has 0 amide bonds. The number of rotatable bonds is 9. The van der Waals surface area contributed by atoms with E-state index in [1.54, 1.807) is 37.3 Å². The average Bonchev–Trinajstić information content (AvgIpc) is 3.00. The number of hydrogen-bond acceptors (Lipinski definition) is 7. The number of aryl methyl sites for hydroxylation is 1. The average molecular weight is 616 g/mol. The van der Waals surface area contributed by atoms with Crippen molar-refractivity contribution in [2.24, 2.45) is 5.73 Å². The Morgan fingerprint density at radius 1 is 0.977 bits per heavy atom. The summed E-state index contributed by atoms with van der Waals surface area (Å²) in [5.41, 5.74) is 9.92. The van der Waals surface area contributed by atoms with Crippen LogP contribution >= 0.6 is 23.2 Å². The topological polar surface area (TPSA) is 104 Å². The molecule has 0 bridgehead atoms. The predicted molar refractivity (Wildman–Crippen MR) is 165 cm³/mol. The van der Waals surface area contributed by atoms with Crippen LogP contribution in [0.2, 0.25) is 10.0 Å². The molecule has 0 saturated heterocycles. The van der Waals surface area contributed by atoms with E-state index >= 15 is 0 Å². The third-order valence-electron chi connectivity index (χ3n) is 7.01. The summed E-state index contributed by atoms with van der Waals surface area (Å²) in [6.45, 7) is 3.96. The van der Waals surface area contributed by atoms with Gasteiger partial charge in [0.25, 0.3) is 0 Å². The number of benzene rings is 4. The van der Waals surface area contributed by atoms with Crippen molar-refractivity contribution in [3.8, 4) is 29.1 Å². The molecule has 1 aliphatic heterocycles. The van der Waals surface area contributed by atoms with E-state index in [1.165, 1.54) is 5.56 Å². The zero-order valence-electron chi connectivity index (χ0n) is 23.5. The second-order valence-electron chi connectivity index (χ2n) is 9.90. The number of nitrogens with two attached hydrogens (primary N) is 1. The smallest absolute Gasteiger partial charge is 0.352 e. The van der Waals surface area contributed by atoms with Crippen LogP contribution in [0.1, 0.15) is 42.0 Å². The van der Waals surface area contributed by atoms with Gasteiger partial charge in [-0.15, -0.1) is 0 Å². The number of hydrogen-bond donors (Lipinski definition) is 1. The van der Waals surface area contributed by atoms with Gasteiger partial charge in [0.15, 0.2) is 6.10 Å². The first-order valence-electron chi connectivity index (χ1n) is 13.6. The van der Waals surface area contributed by atoms with Crippen molar-refractivity contribution in [2.45, 2.75) is 38.9 Å². The number of nitrogens with zero attached hydrogens (tertiary/aromatic N) is 1. The van der Waals surface area contributed by atoms with E-state index in [0.717, 1.165) is 17.5 Å². The summed E-state index contributed by atoms with van der Waals surface area (Å²) < 4.78 is 23.0. The second-order valence-corrected chi connectivity index (χ2v) is 10.7. The molecular weight excluding hydrogens is 587 g/mol. The molecule has 0 fully saturated rings. The van der Waals surface area contributed by atoms with Gasteiger partial charge in [0, 0.05) is 27.2 Å². The Kier molecular flexibility index (Phi) is 9.10. The first-order chi connectivity index (χ1) is 20.7. The Balaban J connectivity index is 1.30. The molecule has 1 heterocycles. The Labute approximate surface area is 260 Å². The summed E-state index contributed by atoms with van der Waals surface area (Å²) in [7, 11) is 0. The van der Waals surface area contributed by atoms with Crippen molar-refractivity contribution in [3.63, 3.8) is 0 Å². The van der Waals surface area contributed by atoms with Gasteiger partial charge in [-0.25, -0.2) is 4.79 Å². The summed E-state index contributed by atoms with van der Waals surface area (Å²) in [5, 5.41) is 11.0. The highest BCUT2D eigenvalue weighted by Gasteiger charge is 2.31. The van der Waals surface area contributed by atoms with Crippen LogP contribution in [0.15, 0.2) is 96.4 Å². The zero-order chi connectivity index (χ0) is 30.5. The fourth-order valence-electron chi connectivity index (χ4n) is 4.65. The fourth-order valence-corrected chi connectivity index (χ4v) is 5.12. The van der Waals surface area contributed by atoms with E-state index < -0.39 is 18.0 Å². The Hall–Kier alpha value is -4.64. The molecule has 4 aromatic carbocycles. The molecule has 0 saturated carbocycles. The summed E-state index contributed by atoms with van der Waals surface area (Å²) in [4.78, 5) is 12.8. The molecule has 1 aliphatic rings. The van der Waals surface area contributed by atoms with Gasteiger partial charge in [0.1, 0.15) is 41.2 Å². The van der Waals surface area contributed by atoms with Crippen LogP contribution in [0.5, 0.6) is 23.0 Å². The van der Waals surface area contributed by atoms with Crippen LogP contribution in [0, 0.1) is 11.3 Å². The van der Waals surface area contributed by atoms with Crippen molar-refractivity contribution in [2.75, 3.05) is 0 Å². The van der Waals surface area contributed by atoms with Crippen LogP contribution in [-0.4, -0.2) is 12.1 Å². The molecule has 2 N–H and O–H groups in total. The third-order valence-corrected chi connectivity index (χ3v) is 7.60. The lowest BCUT2D eigenvalue weighted by atomic mass is 9.83. The number of carbonyl (C=O) groups excluding carboxylic acids is 1.